The summed E-state index contributed by atoms with van der Waals surface area (Å²) >= 11 is 0. The van der Waals surface area contributed by atoms with Gasteiger partial charge < -0.3 is 4.74 Å². The van der Waals surface area contributed by atoms with Gasteiger partial charge in [0, 0.05) is 0 Å². The highest BCUT2D eigenvalue weighted by atomic mass is 19.4. The van der Waals surface area contributed by atoms with Crippen LogP contribution in [0.4, 0.5) is 13.2 Å². The summed E-state index contributed by atoms with van der Waals surface area (Å²) in [5.41, 5.74) is 1.03. The molecule has 0 N–H and O–H groups in total. The maximum Gasteiger partial charge on any atom is 0.573 e. The third-order valence-corrected chi connectivity index (χ3v) is 2.17. The molecule has 0 spiro atoms. The van der Waals surface area contributed by atoms with Crippen LogP contribution in [0.1, 0.15) is 25.8 Å². The van der Waals surface area contributed by atoms with Crippen LogP contribution in [-0.4, -0.2) is 6.36 Å². The lowest BCUT2D eigenvalue weighted by atomic mass is 10.0. The van der Waals surface area contributed by atoms with Gasteiger partial charge in [0.1, 0.15) is 5.75 Å². The lowest BCUT2D eigenvalue weighted by Crippen LogP contribution is -2.17. The zero-order valence-corrected chi connectivity index (χ0v) is 9.34. The quantitative estimate of drug-likeness (QED) is 0.756. The molecular weight excluding hydrogens is 217 g/mol. The van der Waals surface area contributed by atoms with E-state index in [4.69, 9.17) is 0 Å². The average molecular weight is 232 g/mol. The first-order valence-electron chi connectivity index (χ1n) is 5.21. The summed E-state index contributed by atoms with van der Waals surface area (Å²) in [6, 6.07) is 6.04. The van der Waals surface area contributed by atoms with Crippen LogP contribution in [0.2, 0.25) is 0 Å². The smallest absolute Gasteiger partial charge is 0.406 e. The number of benzene rings is 1. The van der Waals surface area contributed by atoms with Crippen LogP contribution in [0.3, 0.4) is 0 Å². The Bertz CT molecular complexity index is 314. The molecule has 4 heteroatoms. The van der Waals surface area contributed by atoms with Crippen molar-refractivity contribution in [3.05, 3.63) is 29.8 Å². The maximum atomic E-state index is 11.9. The molecule has 0 atom stereocenters. The molecule has 0 saturated heterocycles. The summed E-state index contributed by atoms with van der Waals surface area (Å²) in [7, 11) is 0. The molecule has 0 aliphatic carbocycles. The SMILES string of the molecule is CC(C)CCc1ccc(OC(F)(F)F)cc1. The van der Waals surface area contributed by atoms with Crippen molar-refractivity contribution in [1.82, 2.24) is 0 Å². The van der Waals surface area contributed by atoms with Crippen LogP contribution in [0.15, 0.2) is 24.3 Å². The third kappa shape index (κ3) is 5.05. The first-order chi connectivity index (χ1) is 7.37. The Balaban J connectivity index is 2.54. The molecule has 1 nitrogen and oxygen atoms in total. The molecule has 1 aromatic carbocycles. The molecule has 0 aliphatic heterocycles. The van der Waals surface area contributed by atoms with Crippen LogP contribution in [0, 0.1) is 5.92 Å². The average Bonchev–Trinajstić information content (AvgIpc) is 2.14. The van der Waals surface area contributed by atoms with E-state index in [0.717, 1.165) is 18.4 Å². The van der Waals surface area contributed by atoms with Gasteiger partial charge in [-0.25, -0.2) is 0 Å². The van der Waals surface area contributed by atoms with Crippen LogP contribution in [0.5, 0.6) is 5.75 Å². The number of hydrogen-bond acceptors (Lipinski definition) is 1. The monoisotopic (exact) mass is 232 g/mol. The van der Waals surface area contributed by atoms with Gasteiger partial charge in [-0.3, -0.25) is 0 Å². The van der Waals surface area contributed by atoms with Gasteiger partial charge in [-0.15, -0.1) is 13.2 Å². The Kier molecular flexibility index (Phi) is 4.21. The van der Waals surface area contributed by atoms with Gasteiger partial charge in [0.05, 0.1) is 0 Å². The van der Waals surface area contributed by atoms with Gasteiger partial charge in [-0.1, -0.05) is 26.0 Å². The minimum Gasteiger partial charge on any atom is -0.406 e. The van der Waals surface area contributed by atoms with Crippen LogP contribution in [0.25, 0.3) is 0 Å². The topological polar surface area (TPSA) is 9.23 Å². The van der Waals surface area contributed by atoms with Crippen molar-refractivity contribution in [2.45, 2.75) is 33.1 Å². The van der Waals surface area contributed by atoms with Crippen LogP contribution >= 0.6 is 0 Å². The molecule has 0 aromatic heterocycles. The Morgan fingerprint density at radius 2 is 1.69 bits per heavy atom. The molecule has 90 valence electrons. The summed E-state index contributed by atoms with van der Waals surface area (Å²) in [5, 5.41) is 0. The lowest BCUT2D eigenvalue weighted by molar-refractivity contribution is -0.274. The number of ether oxygens (including phenoxy) is 1. The Labute approximate surface area is 93.2 Å². The summed E-state index contributed by atoms with van der Waals surface area (Å²) in [4.78, 5) is 0. The van der Waals surface area contributed by atoms with E-state index in [9.17, 15) is 13.2 Å². The Morgan fingerprint density at radius 3 is 2.12 bits per heavy atom. The predicted octanol–water partition coefficient (Wildman–Crippen LogP) is 4.17. The van der Waals surface area contributed by atoms with E-state index >= 15 is 0 Å². The second kappa shape index (κ2) is 5.23. The molecule has 0 saturated carbocycles. The number of alkyl halides is 3. The van der Waals surface area contributed by atoms with E-state index in [-0.39, 0.29) is 5.75 Å². The zero-order chi connectivity index (χ0) is 12.2. The van der Waals surface area contributed by atoms with Gasteiger partial charge in [-0.05, 0) is 36.5 Å². The molecular formula is C12H15F3O. The van der Waals surface area contributed by atoms with Crippen molar-refractivity contribution in [2.24, 2.45) is 5.92 Å². The molecule has 0 fully saturated rings. The van der Waals surface area contributed by atoms with E-state index in [0.29, 0.717) is 5.92 Å². The summed E-state index contributed by atoms with van der Waals surface area (Å²) < 4.78 is 39.4. The van der Waals surface area contributed by atoms with Gasteiger partial charge in [0.25, 0.3) is 0 Å². The molecule has 0 radical (unpaired) electrons. The van der Waals surface area contributed by atoms with Crippen molar-refractivity contribution < 1.29 is 17.9 Å². The Morgan fingerprint density at radius 1 is 1.12 bits per heavy atom. The van der Waals surface area contributed by atoms with E-state index < -0.39 is 6.36 Å². The minimum absolute atomic E-state index is 0.166. The van der Waals surface area contributed by atoms with Crippen molar-refractivity contribution in [3.63, 3.8) is 0 Å². The van der Waals surface area contributed by atoms with E-state index in [2.05, 4.69) is 18.6 Å². The van der Waals surface area contributed by atoms with E-state index in [1.807, 2.05) is 0 Å². The van der Waals surface area contributed by atoms with Crippen LogP contribution < -0.4 is 4.74 Å². The van der Waals surface area contributed by atoms with Crippen LogP contribution in [-0.2, 0) is 6.42 Å². The molecule has 1 aromatic rings. The minimum atomic E-state index is -4.61. The second-order valence-corrected chi connectivity index (χ2v) is 4.12. The summed E-state index contributed by atoms with van der Waals surface area (Å²) in [6.45, 7) is 4.22. The van der Waals surface area contributed by atoms with E-state index in [1.54, 1.807) is 12.1 Å². The molecule has 0 unspecified atom stereocenters. The van der Waals surface area contributed by atoms with Gasteiger partial charge in [0.2, 0.25) is 0 Å². The van der Waals surface area contributed by atoms with Gasteiger partial charge in [-0.2, -0.15) is 0 Å². The fourth-order valence-corrected chi connectivity index (χ4v) is 1.31. The first kappa shape index (κ1) is 12.9. The summed E-state index contributed by atoms with van der Waals surface area (Å²) in [5.74, 6) is 0.423. The summed E-state index contributed by atoms with van der Waals surface area (Å²) in [6.07, 6.45) is -2.71. The Hall–Kier alpha value is -1.19. The normalized spacial score (nSPS) is 11.9. The molecule has 0 aliphatic rings. The van der Waals surface area contributed by atoms with Gasteiger partial charge >= 0.3 is 6.36 Å². The van der Waals surface area contributed by atoms with Crippen molar-refractivity contribution >= 4 is 0 Å². The third-order valence-electron chi connectivity index (χ3n) is 2.17. The number of hydrogen-bond donors (Lipinski definition) is 0. The van der Waals surface area contributed by atoms with Crippen molar-refractivity contribution in [1.29, 1.82) is 0 Å². The predicted molar refractivity (Wildman–Crippen MR) is 56.3 cm³/mol. The first-order valence-corrected chi connectivity index (χ1v) is 5.21. The largest absolute Gasteiger partial charge is 0.573 e. The molecule has 16 heavy (non-hydrogen) atoms. The maximum absolute atomic E-state index is 11.9. The molecule has 1 rings (SSSR count). The van der Waals surface area contributed by atoms with Crippen molar-refractivity contribution in [2.75, 3.05) is 0 Å². The van der Waals surface area contributed by atoms with Gasteiger partial charge in [0.15, 0.2) is 0 Å². The fraction of sp³-hybridized carbons (Fsp3) is 0.500. The number of rotatable bonds is 4. The lowest BCUT2D eigenvalue weighted by Gasteiger charge is -2.09. The highest BCUT2D eigenvalue weighted by molar-refractivity contribution is 5.27. The second-order valence-electron chi connectivity index (χ2n) is 4.12. The molecule has 0 bridgehead atoms. The van der Waals surface area contributed by atoms with Crippen molar-refractivity contribution in [3.8, 4) is 5.75 Å². The fourth-order valence-electron chi connectivity index (χ4n) is 1.31. The highest BCUT2D eigenvalue weighted by Crippen LogP contribution is 2.23. The zero-order valence-electron chi connectivity index (χ0n) is 9.34. The molecule has 0 amide bonds. The number of halogens is 3. The standard InChI is InChI=1S/C12H15F3O/c1-9(2)3-4-10-5-7-11(8-6-10)16-12(13,14)15/h5-9H,3-4H2,1-2H3. The highest BCUT2D eigenvalue weighted by Gasteiger charge is 2.30. The molecule has 0 heterocycles. The van der Waals surface area contributed by atoms with E-state index in [1.165, 1.54) is 12.1 Å². The number of aryl methyl sites for hydroxylation is 1.